The second-order valence-corrected chi connectivity index (χ2v) is 16.1. The van der Waals surface area contributed by atoms with Gasteiger partial charge in [-0.2, -0.15) is 10.2 Å². The minimum atomic E-state index is -0.479. The van der Waals surface area contributed by atoms with E-state index < -0.39 is 5.82 Å². The molecule has 6 aromatic rings. The number of halogens is 1. The molecular formula is C46H55FN10O2. The summed E-state index contributed by atoms with van der Waals surface area (Å²) in [5, 5.41) is 13.9. The average molecular weight is 799 g/mol. The quantitative estimate of drug-likeness (QED) is 0.0852. The van der Waals surface area contributed by atoms with E-state index in [9.17, 15) is 9.59 Å². The van der Waals surface area contributed by atoms with Gasteiger partial charge in [0.15, 0.2) is 0 Å². The molecule has 0 spiro atoms. The van der Waals surface area contributed by atoms with E-state index in [0.717, 1.165) is 83.9 Å². The summed E-state index contributed by atoms with van der Waals surface area (Å²) >= 11 is 0. The van der Waals surface area contributed by atoms with Crippen LogP contribution in [-0.2, 0) is 6.42 Å². The van der Waals surface area contributed by atoms with E-state index in [1.54, 1.807) is 12.1 Å². The summed E-state index contributed by atoms with van der Waals surface area (Å²) in [5.41, 5.74) is 7.74. The van der Waals surface area contributed by atoms with Crippen LogP contribution >= 0.6 is 0 Å². The molecule has 3 aromatic carbocycles. The molecule has 0 unspecified atom stereocenters. The number of amides is 2. The number of aromatic amines is 2. The number of nitrogens with one attached hydrogen (secondary N) is 4. The lowest BCUT2D eigenvalue weighted by Crippen LogP contribution is -2.27. The molecule has 2 aliphatic carbocycles. The zero-order valence-electron chi connectivity index (χ0n) is 34.4. The number of hydrogen-bond acceptors (Lipinski definition) is 8. The maximum Gasteiger partial charge on any atom is 0.257 e. The van der Waals surface area contributed by atoms with Crippen molar-refractivity contribution in [3.05, 3.63) is 95.1 Å². The number of rotatable bonds is 14. The van der Waals surface area contributed by atoms with Crippen LogP contribution in [0.1, 0.15) is 135 Å². The van der Waals surface area contributed by atoms with Crippen molar-refractivity contribution in [2.45, 2.75) is 103 Å². The lowest BCUT2D eigenvalue weighted by Gasteiger charge is -2.26. The summed E-state index contributed by atoms with van der Waals surface area (Å²) in [7, 11) is 0. The van der Waals surface area contributed by atoms with Crippen molar-refractivity contribution in [2.24, 2.45) is 0 Å². The number of aromatic nitrogens is 6. The van der Waals surface area contributed by atoms with E-state index in [1.165, 1.54) is 63.1 Å². The van der Waals surface area contributed by atoms with Gasteiger partial charge in [-0.3, -0.25) is 9.59 Å². The molecule has 0 atom stereocenters. The zero-order chi connectivity index (χ0) is 40.9. The molecule has 0 saturated heterocycles. The number of fused-ring (bicyclic) bond motifs is 2. The van der Waals surface area contributed by atoms with Gasteiger partial charge in [0.25, 0.3) is 11.8 Å². The Labute approximate surface area is 344 Å². The predicted octanol–water partition coefficient (Wildman–Crippen LogP) is 9.88. The molecule has 3 aromatic heterocycles. The number of hydrogen-bond donors (Lipinski definition) is 4. The monoisotopic (exact) mass is 798 g/mol. The van der Waals surface area contributed by atoms with Crippen LogP contribution in [0.3, 0.4) is 0 Å². The summed E-state index contributed by atoms with van der Waals surface area (Å²) < 4.78 is 15.4. The van der Waals surface area contributed by atoms with E-state index in [-0.39, 0.29) is 17.4 Å². The van der Waals surface area contributed by atoms with E-state index in [4.69, 9.17) is 9.97 Å². The third-order valence-corrected chi connectivity index (χ3v) is 12.3. The van der Waals surface area contributed by atoms with Crippen LogP contribution in [0.15, 0.2) is 60.9 Å². The lowest BCUT2D eigenvalue weighted by atomic mass is 9.89. The Morgan fingerprint density at radius 2 is 1.22 bits per heavy atom. The summed E-state index contributed by atoms with van der Waals surface area (Å²) in [6, 6.07) is 14.2. The average Bonchev–Trinajstić information content (AvgIpc) is 3.89. The number of imidazole rings is 2. The third-order valence-electron chi connectivity index (χ3n) is 12.3. The number of anilines is 4. The molecule has 2 saturated carbocycles. The minimum absolute atomic E-state index is 0.244. The molecule has 2 fully saturated rings. The van der Waals surface area contributed by atoms with Crippen molar-refractivity contribution in [1.29, 1.82) is 0 Å². The number of H-pyrrole nitrogens is 2. The molecule has 3 heterocycles. The summed E-state index contributed by atoms with van der Waals surface area (Å²) in [6.07, 6.45) is 15.2. The van der Waals surface area contributed by atoms with Crippen LogP contribution < -0.4 is 20.4 Å². The highest BCUT2D eigenvalue weighted by atomic mass is 19.1. The standard InChI is InChI=1S/C46H55FN10O2/c1-4-56(5-2)41-26-37-35(50-43(52-37)30-13-9-7-10-14-30)24-39(41)55-46(59)33-21-29(22-34(47)23-33)18-20-57(6-3)42-27-38-36(51-44(53-38)31-15-11-8-12-16-31)25-40(42)54-45(58)32-17-19-48-49-28-32/h17,19,21-28,30-31H,4-16,18,20H2,1-3H3,(H,50,52)(H,51,53)(H,54,58)(H,55,59). The molecule has 4 N–H and O–H groups in total. The zero-order valence-corrected chi connectivity index (χ0v) is 34.4. The maximum absolute atomic E-state index is 15.4. The van der Waals surface area contributed by atoms with Crippen molar-refractivity contribution < 1.29 is 14.0 Å². The van der Waals surface area contributed by atoms with Crippen molar-refractivity contribution in [3.63, 3.8) is 0 Å². The van der Waals surface area contributed by atoms with Gasteiger partial charge in [-0.05, 0) is 107 Å². The van der Waals surface area contributed by atoms with Crippen LogP contribution in [-0.4, -0.2) is 68.1 Å². The van der Waals surface area contributed by atoms with E-state index >= 15 is 4.39 Å². The highest BCUT2D eigenvalue weighted by molar-refractivity contribution is 6.08. The van der Waals surface area contributed by atoms with Crippen molar-refractivity contribution in [2.75, 3.05) is 46.6 Å². The largest absolute Gasteiger partial charge is 0.370 e. The van der Waals surface area contributed by atoms with Crippen molar-refractivity contribution in [1.82, 2.24) is 30.1 Å². The molecule has 0 radical (unpaired) electrons. The predicted molar refractivity (Wildman–Crippen MR) is 233 cm³/mol. The maximum atomic E-state index is 15.4. The first-order valence-corrected chi connectivity index (χ1v) is 21.6. The first-order chi connectivity index (χ1) is 28.8. The Kier molecular flexibility index (Phi) is 12.2. The fourth-order valence-corrected chi connectivity index (χ4v) is 9.01. The molecular weight excluding hydrogens is 744 g/mol. The number of carbonyl (C=O) groups is 2. The van der Waals surface area contributed by atoms with Crippen LogP contribution in [0.25, 0.3) is 22.1 Å². The second-order valence-electron chi connectivity index (χ2n) is 16.1. The Balaban J connectivity index is 1.05. The topological polar surface area (TPSA) is 148 Å². The van der Waals surface area contributed by atoms with Gasteiger partial charge in [-0.15, -0.1) is 0 Å². The lowest BCUT2D eigenvalue weighted by molar-refractivity contribution is 0.101. The fourth-order valence-electron chi connectivity index (χ4n) is 9.01. The highest BCUT2D eigenvalue weighted by Gasteiger charge is 2.24. The summed E-state index contributed by atoms with van der Waals surface area (Å²) in [5.74, 6) is 1.64. The van der Waals surface area contributed by atoms with Crippen molar-refractivity contribution >= 4 is 56.6 Å². The third kappa shape index (κ3) is 8.94. The van der Waals surface area contributed by atoms with Gasteiger partial charge < -0.3 is 30.4 Å². The molecule has 8 rings (SSSR count). The van der Waals surface area contributed by atoms with E-state index in [1.807, 2.05) is 25.1 Å². The van der Waals surface area contributed by atoms with Gasteiger partial charge >= 0.3 is 0 Å². The van der Waals surface area contributed by atoms with Crippen LogP contribution in [0.2, 0.25) is 0 Å². The van der Waals surface area contributed by atoms with Gasteiger partial charge in [-0.25, -0.2) is 14.4 Å². The molecule has 0 aliphatic heterocycles. The second kappa shape index (κ2) is 18.0. The highest BCUT2D eigenvalue weighted by Crippen LogP contribution is 2.37. The van der Waals surface area contributed by atoms with E-state index in [0.29, 0.717) is 53.8 Å². The Morgan fingerprint density at radius 1 is 0.678 bits per heavy atom. The summed E-state index contributed by atoms with van der Waals surface area (Å²) in [4.78, 5) is 48.9. The molecule has 59 heavy (non-hydrogen) atoms. The van der Waals surface area contributed by atoms with Crippen molar-refractivity contribution in [3.8, 4) is 0 Å². The van der Waals surface area contributed by atoms with Gasteiger partial charge in [0.05, 0.1) is 62.8 Å². The fraction of sp³-hybridized carbons (Fsp3) is 0.435. The molecule has 2 amide bonds. The molecule has 308 valence electrons. The SMILES string of the molecule is CCN(CC)c1cc2nc(C3CCCCC3)[nH]c2cc1NC(=O)c1cc(F)cc(CCN(CC)c2cc3nc(C4CCCCC4)[nH]c3cc2NC(=O)c2ccnnc2)c1. The Bertz CT molecular complexity index is 2410. The normalized spacial score (nSPS) is 15.1. The summed E-state index contributed by atoms with van der Waals surface area (Å²) in [6.45, 7) is 8.85. The first-order valence-electron chi connectivity index (χ1n) is 21.6. The first kappa shape index (κ1) is 40.0. The van der Waals surface area contributed by atoms with Gasteiger partial charge in [0.2, 0.25) is 0 Å². The molecule has 2 aliphatic rings. The molecule has 13 heteroatoms. The van der Waals surface area contributed by atoms with Crippen LogP contribution in [0.5, 0.6) is 0 Å². The smallest absolute Gasteiger partial charge is 0.257 e. The van der Waals surface area contributed by atoms with E-state index in [2.05, 4.69) is 60.5 Å². The van der Waals surface area contributed by atoms with Gasteiger partial charge in [-0.1, -0.05) is 38.5 Å². The molecule has 12 nitrogen and oxygen atoms in total. The number of nitrogens with zero attached hydrogens (tertiary/aromatic N) is 6. The van der Waals surface area contributed by atoms with Crippen LogP contribution in [0.4, 0.5) is 27.1 Å². The number of likely N-dealkylation sites (N-methyl/N-ethyl adjacent to an activating group) is 1. The van der Waals surface area contributed by atoms with Gasteiger partial charge in [0.1, 0.15) is 17.5 Å². The minimum Gasteiger partial charge on any atom is -0.370 e. The Morgan fingerprint density at radius 3 is 1.75 bits per heavy atom. The molecule has 0 bridgehead atoms. The Hall–Kier alpha value is -5.85. The number of carbonyl (C=O) groups excluding carboxylic acids is 2. The number of benzene rings is 3. The van der Waals surface area contributed by atoms with Crippen LogP contribution in [0, 0.1) is 5.82 Å². The van der Waals surface area contributed by atoms with Gasteiger partial charge in [0, 0.05) is 43.6 Å².